The van der Waals surface area contributed by atoms with E-state index in [1.807, 2.05) is 41.5 Å². The monoisotopic (exact) mass is 580 g/mol. The van der Waals surface area contributed by atoms with Gasteiger partial charge in [0, 0.05) is 62.9 Å². The first-order valence-corrected chi connectivity index (χ1v) is 18.0. The fourth-order valence-corrected chi connectivity index (χ4v) is 9.18. The Bertz CT molecular complexity index is 318. The molecule has 196 valence electrons. The summed E-state index contributed by atoms with van der Waals surface area (Å²) in [5.41, 5.74) is 0. The van der Waals surface area contributed by atoms with Gasteiger partial charge in [0.15, 0.2) is 0 Å². The Morgan fingerprint density at radius 3 is 1.06 bits per heavy atom. The van der Waals surface area contributed by atoms with Gasteiger partial charge in [-0.05, 0) is 67.2 Å². The van der Waals surface area contributed by atoms with Crippen LogP contribution in [0.15, 0.2) is 0 Å². The van der Waals surface area contributed by atoms with E-state index in [1.54, 1.807) is 0 Å². The lowest BCUT2D eigenvalue weighted by atomic mass is 10.3. The average Bonchev–Trinajstić information content (AvgIpc) is 2.76. The molecule has 0 saturated heterocycles. The smallest absolute Gasteiger partial charge is 0.374 e. The van der Waals surface area contributed by atoms with Crippen molar-refractivity contribution in [2.24, 2.45) is 0 Å². The molecule has 0 aliphatic carbocycles. The third-order valence-corrected chi connectivity index (χ3v) is 11.5. The van der Waals surface area contributed by atoms with E-state index in [9.17, 15) is 0 Å². The minimum absolute atomic E-state index is 0.654. The predicted octanol–water partition coefficient (Wildman–Crippen LogP) is 7.04. The maximum atomic E-state index is 5.77. The van der Waals surface area contributed by atoms with E-state index in [2.05, 4.69) is 15.9 Å². The lowest BCUT2D eigenvalue weighted by Gasteiger charge is -2.28. The summed E-state index contributed by atoms with van der Waals surface area (Å²) in [6.45, 7) is 15.9. The first-order valence-electron chi connectivity index (χ1n) is 12.4. The Morgan fingerprint density at radius 2 is 0.812 bits per heavy atom. The topological polar surface area (TPSA) is 55.4 Å². The standard InChI is InChI=1S/C11H25BrO3Si.C11H25ClO3Si/c2*1-4-13-16(14-5-2,15-6-3)11-9-7-8-10-12/h2*4-11H2,1-3H3. The molecule has 6 nitrogen and oxygen atoms in total. The molecule has 0 aliphatic rings. The highest BCUT2D eigenvalue weighted by molar-refractivity contribution is 9.09. The molecule has 32 heavy (non-hydrogen) atoms. The average molecular weight is 582 g/mol. The van der Waals surface area contributed by atoms with Crippen LogP contribution in [0.25, 0.3) is 0 Å². The van der Waals surface area contributed by atoms with Gasteiger partial charge in [-0.25, -0.2) is 0 Å². The van der Waals surface area contributed by atoms with Crippen molar-refractivity contribution in [2.45, 2.75) is 92.2 Å². The van der Waals surface area contributed by atoms with Crippen LogP contribution in [0.3, 0.4) is 0 Å². The number of alkyl halides is 2. The Hall–Kier alpha value is 0.964. The molecule has 0 amide bonds. The Kier molecular flexibility index (Phi) is 27.5. The summed E-state index contributed by atoms with van der Waals surface area (Å²) in [5.74, 6) is 0.729. The number of unbranched alkanes of at least 4 members (excludes halogenated alkanes) is 4. The Balaban J connectivity index is 0. The second-order valence-corrected chi connectivity index (χ2v) is 13.6. The zero-order valence-corrected chi connectivity index (χ0v) is 25.9. The first-order chi connectivity index (χ1) is 15.5. The van der Waals surface area contributed by atoms with Gasteiger partial charge in [0.25, 0.3) is 0 Å². The van der Waals surface area contributed by atoms with Crippen molar-refractivity contribution in [3.63, 3.8) is 0 Å². The summed E-state index contributed by atoms with van der Waals surface area (Å²) in [5, 5.41) is 1.07. The van der Waals surface area contributed by atoms with E-state index >= 15 is 0 Å². The van der Waals surface area contributed by atoms with Gasteiger partial charge in [0.05, 0.1) is 0 Å². The Morgan fingerprint density at radius 1 is 0.500 bits per heavy atom. The van der Waals surface area contributed by atoms with Gasteiger partial charge in [0.1, 0.15) is 0 Å². The van der Waals surface area contributed by atoms with Crippen molar-refractivity contribution in [3.05, 3.63) is 0 Å². The quantitative estimate of drug-likeness (QED) is 0.0776. The summed E-state index contributed by atoms with van der Waals surface area (Å²) in [7, 11) is -4.75. The molecular formula is C22H50BrClO6Si2. The maximum Gasteiger partial charge on any atom is 0.500 e. The lowest BCUT2D eigenvalue weighted by molar-refractivity contribution is 0.0699. The maximum absolute atomic E-state index is 5.77. The van der Waals surface area contributed by atoms with Crippen molar-refractivity contribution in [2.75, 3.05) is 50.9 Å². The van der Waals surface area contributed by atoms with E-state index in [4.69, 9.17) is 38.2 Å². The summed E-state index contributed by atoms with van der Waals surface area (Å²) in [6.07, 6.45) is 6.76. The molecule has 0 fully saturated rings. The Labute approximate surface area is 214 Å². The van der Waals surface area contributed by atoms with Crippen LogP contribution in [0.4, 0.5) is 0 Å². The van der Waals surface area contributed by atoms with Crippen LogP contribution in [-0.4, -0.2) is 68.5 Å². The van der Waals surface area contributed by atoms with Crippen LogP contribution in [0.5, 0.6) is 0 Å². The van der Waals surface area contributed by atoms with Gasteiger partial charge in [0.2, 0.25) is 0 Å². The van der Waals surface area contributed by atoms with E-state index in [0.717, 1.165) is 49.0 Å². The zero-order chi connectivity index (χ0) is 24.6. The lowest BCUT2D eigenvalue weighted by Crippen LogP contribution is -2.45. The highest BCUT2D eigenvalue weighted by atomic mass is 79.9. The molecule has 0 rings (SSSR count). The van der Waals surface area contributed by atoms with Crippen LogP contribution in [0.1, 0.15) is 80.1 Å². The molecule has 0 bridgehead atoms. The molecule has 0 radical (unpaired) electrons. The van der Waals surface area contributed by atoms with Gasteiger partial charge < -0.3 is 26.6 Å². The number of rotatable bonds is 22. The first kappa shape index (κ1) is 35.1. The molecule has 0 spiro atoms. The molecule has 0 heterocycles. The van der Waals surface area contributed by atoms with Crippen LogP contribution in [-0.2, 0) is 26.6 Å². The van der Waals surface area contributed by atoms with Gasteiger partial charge in [-0.1, -0.05) is 28.8 Å². The third-order valence-electron chi connectivity index (χ3n) is 4.42. The molecule has 0 aromatic rings. The second-order valence-electron chi connectivity index (χ2n) is 6.96. The van der Waals surface area contributed by atoms with Gasteiger partial charge in [-0.2, -0.15) is 0 Å². The summed E-state index contributed by atoms with van der Waals surface area (Å²) in [4.78, 5) is 0. The van der Waals surface area contributed by atoms with Gasteiger partial charge in [-0.3, -0.25) is 0 Å². The van der Waals surface area contributed by atoms with Gasteiger partial charge >= 0.3 is 17.6 Å². The molecule has 0 unspecified atom stereocenters. The van der Waals surface area contributed by atoms with Crippen LogP contribution in [0, 0.1) is 0 Å². The summed E-state index contributed by atoms with van der Waals surface area (Å²) in [6, 6.07) is 1.84. The van der Waals surface area contributed by atoms with Gasteiger partial charge in [-0.15, -0.1) is 11.6 Å². The van der Waals surface area contributed by atoms with Crippen molar-refractivity contribution < 1.29 is 26.6 Å². The molecule has 0 aromatic carbocycles. The minimum Gasteiger partial charge on any atom is -0.374 e. The normalized spacial score (nSPS) is 12.0. The van der Waals surface area contributed by atoms with Crippen molar-refractivity contribution >= 4 is 45.1 Å². The number of halogens is 2. The second kappa shape index (κ2) is 25.1. The van der Waals surface area contributed by atoms with E-state index in [0.29, 0.717) is 39.6 Å². The van der Waals surface area contributed by atoms with E-state index in [1.165, 1.54) is 12.8 Å². The molecular weight excluding hydrogens is 532 g/mol. The van der Waals surface area contributed by atoms with Crippen molar-refractivity contribution in [1.29, 1.82) is 0 Å². The zero-order valence-electron chi connectivity index (χ0n) is 21.5. The van der Waals surface area contributed by atoms with Crippen LogP contribution < -0.4 is 0 Å². The fraction of sp³-hybridized carbons (Fsp3) is 1.00. The summed E-state index contributed by atoms with van der Waals surface area (Å²) < 4.78 is 34.6. The molecule has 0 atom stereocenters. The van der Waals surface area contributed by atoms with Crippen molar-refractivity contribution in [3.8, 4) is 0 Å². The number of hydrogen-bond acceptors (Lipinski definition) is 6. The van der Waals surface area contributed by atoms with E-state index < -0.39 is 17.6 Å². The highest BCUT2D eigenvalue weighted by Gasteiger charge is 2.40. The van der Waals surface area contributed by atoms with E-state index in [-0.39, 0.29) is 0 Å². The van der Waals surface area contributed by atoms with Crippen molar-refractivity contribution in [1.82, 2.24) is 0 Å². The molecule has 0 saturated carbocycles. The summed E-state index contributed by atoms with van der Waals surface area (Å²) >= 11 is 9.09. The SMILES string of the molecule is CCO[Si](CCCCCBr)(OCC)OCC.CCO[Si](CCCCCCl)(OCC)OCC. The van der Waals surface area contributed by atoms with Crippen LogP contribution >= 0.6 is 27.5 Å². The minimum atomic E-state index is -2.39. The molecule has 10 heteroatoms. The molecule has 0 aromatic heterocycles. The van der Waals surface area contributed by atoms with Crippen LogP contribution in [0.2, 0.25) is 12.1 Å². The molecule has 0 N–H and O–H groups in total. The number of hydrogen-bond donors (Lipinski definition) is 0. The highest BCUT2D eigenvalue weighted by Crippen LogP contribution is 2.21. The third kappa shape index (κ3) is 18.3. The predicted molar refractivity (Wildman–Crippen MR) is 143 cm³/mol. The largest absolute Gasteiger partial charge is 0.500 e. The fourth-order valence-electron chi connectivity index (χ4n) is 3.23. The molecule has 0 aliphatic heterocycles.